The lowest BCUT2D eigenvalue weighted by Gasteiger charge is -2.01. The van der Waals surface area contributed by atoms with E-state index in [0.717, 1.165) is 12.1 Å². The molecule has 8 nitrogen and oxygen atoms in total. The minimum absolute atomic E-state index is 0.00241. The Morgan fingerprint density at radius 3 is 1.46 bits per heavy atom. The van der Waals surface area contributed by atoms with Gasteiger partial charge in [0.2, 0.25) is 0 Å². The van der Waals surface area contributed by atoms with Crippen LogP contribution in [0, 0.1) is 13.8 Å². The highest BCUT2D eigenvalue weighted by molar-refractivity contribution is 5.95. The van der Waals surface area contributed by atoms with Crippen LogP contribution >= 0.6 is 0 Å². The van der Waals surface area contributed by atoms with Crippen molar-refractivity contribution in [1.82, 2.24) is 0 Å². The topological polar surface area (TPSA) is 149 Å². The van der Waals surface area contributed by atoms with Crippen molar-refractivity contribution in [1.29, 1.82) is 0 Å². The highest BCUT2D eigenvalue weighted by Gasteiger charge is 2.11. The maximum Gasteiger partial charge on any atom is 0.335 e. The van der Waals surface area contributed by atoms with Crippen LogP contribution in [0.4, 0.5) is 0 Å². The second kappa shape index (κ2) is 8.43. The van der Waals surface area contributed by atoms with Gasteiger partial charge in [-0.25, -0.2) is 19.2 Å². The molecule has 0 unspecified atom stereocenters. The second-order valence-electron chi connectivity index (χ2n) is 5.34. The second-order valence-corrected chi connectivity index (χ2v) is 5.34. The quantitative estimate of drug-likeness (QED) is 0.650. The number of carbonyl (C=O) groups is 4. The van der Waals surface area contributed by atoms with E-state index < -0.39 is 23.9 Å². The number of benzene rings is 2. The standard InChI is InChI=1S/2C9H8O4/c1-5-2-6(8(10)11)4-7(3-5)9(12)13;1-5-2-3-6(8(10)11)4-7(5)9(12)13/h2*2-4H,1H3,(H,10,11)(H,12,13). The number of hydrogen-bond donors (Lipinski definition) is 4. The Bertz CT molecular complexity index is 851. The summed E-state index contributed by atoms with van der Waals surface area (Å²) in [6.45, 7) is 3.27. The Kier molecular flexibility index (Phi) is 6.60. The van der Waals surface area contributed by atoms with Crippen LogP contribution in [0.2, 0.25) is 0 Å². The van der Waals surface area contributed by atoms with Crippen molar-refractivity contribution in [3.05, 3.63) is 69.8 Å². The average Bonchev–Trinajstić information content (AvgIpc) is 2.54. The number of rotatable bonds is 4. The van der Waals surface area contributed by atoms with E-state index in [1.54, 1.807) is 13.8 Å². The molecule has 0 aliphatic rings. The van der Waals surface area contributed by atoms with Gasteiger partial charge in [-0.05, 0) is 55.3 Å². The fourth-order valence-corrected chi connectivity index (χ4v) is 2.02. The highest BCUT2D eigenvalue weighted by atomic mass is 16.4. The number of aryl methyl sites for hydroxylation is 2. The molecule has 0 heterocycles. The van der Waals surface area contributed by atoms with Gasteiger partial charge in [0.05, 0.1) is 22.3 Å². The van der Waals surface area contributed by atoms with Gasteiger partial charge in [0.1, 0.15) is 0 Å². The molecular weight excluding hydrogens is 344 g/mol. The number of aromatic carboxylic acids is 4. The molecule has 2 aromatic rings. The summed E-state index contributed by atoms with van der Waals surface area (Å²) in [5, 5.41) is 34.5. The van der Waals surface area contributed by atoms with Gasteiger partial charge in [-0.1, -0.05) is 6.07 Å². The summed E-state index contributed by atoms with van der Waals surface area (Å²) >= 11 is 0. The SMILES string of the molecule is Cc1cc(C(=O)O)cc(C(=O)O)c1.Cc1ccc(C(=O)O)cc1C(=O)O. The van der Waals surface area contributed by atoms with Crippen LogP contribution in [0.3, 0.4) is 0 Å². The van der Waals surface area contributed by atoms with Gasteiger partial charge >= 0.3 is 23.9 Å². The molecule has 0 spiro atoms. The maximum absolute atomic E-state index is 10.6. The van der Waals surface area contributed by atoms with Crippen LogP contribution in [-0.2, 0) is 0 Å². The normalized spacial score (nSPS) is 9.62. The first-order valence-corrected chi connectivity index (χ1v) is 7.18. The molecule has 0 saturated carbocycles. The first kappa shape index (κ1) is 20.4. The van der Waals surface area contributed by atoms with E-state index in [9.17, 15) is 19.2 Å². The lowest BCUT2D eigenvalue weighted by atomic mass is 10.1. The van der Waals surface area contributed by atoms with Crippen molar-refractivity contribution in [3.63, 3.8) is 0 Å². The first-order chi connectivity index (χ1) is 12.0. The third-order valence-corrected chi connectivity index (χ3v) is 3.29. The van der Waals surface area contributed by atoms with Crippen LogP contribution < -0.4 is 0 Å². The molecule has 4 N–H and O–H groups in total. The van der Waals surface area contributed by atoms with Gasteiger partial charge in [0.25, 0.3) is 0 Å². The molecule has 26 heavy (non-hydrogen) atoms. The minimum Gasteiger partial charge on any atom is -0.478 e. The van der Waals surface area contributed by atoms with Crippen molar-refractivity contribution in [2.45, 2.75) is 13.8 Å². The highest BCUT2D eigenvalue weighted by Crippen LogP contribution is 2.11. The van der Waals surface area contributed by atoms with E-state index in [4.69, 9.17) is 20.4 Å². The van der Waals surface area contributed by atoms with E-state index in [0.29, 0.717) is 11.1 Å². The average molecular weight is 360 g/mol. The predicted molar refractivity (Wildman–Crippen MR) is 90.2 cm³/mol. The van der Waals surface area contributed by atoms with Crippen molar-refractivity contribution >= 4 is 23.9 Å². The molecule has 0 saturated heterocycles. The Morgan fingerprint density at radius 1 is 0.615 bits per heavy atom. The van der Waals surface area contributed by atoms with Crippen LogP contribution in [0.1, 0.15) is 52.6 Å². The number of carboxylic acid groups (broad SMARTS) is 4. The summed E-state index contributed by atoms with van der Waals surface area (Å²) in [5.41, 5.74) is 1.19. The third-order valence-electron chi connectivity index (χ3n) is 3.29. The maximum atomic E-state index is 10.6. The summed E-state index contributed by atoms with van der Waals surface area (Å²) < 4.78 is 0. The van der Waals surface area contributed by atoms with Crippen LogP contribution in [0.25, 0.3) is 0 Å². The summed E-state index contributed by atoms with van der Waals surface area (Å²) in [6, 6.07) is 8.00. The minimum atomic E-state index is -1.12. The van der Waals surface area contributed by atoms with Gasteiger partial charge < -0.3 is 20.4 Å². The molecule has 0 aliphatic heterocycles. The Morgan fingerprint density at radius 2 is 1.08 bits per heavy atom. The molecule has 0 aromatic heterocycles. The Balaban J connectivity index is 0.000000260. The van der Waals surface area contributed by atoms with E-state index in [1.165, 1.54) is 24.3 Å². The van der Waals surface area contributed by atoms with Crippen LogP contribution in [0.5, 0.6) is 0 Å². The zero-order valence-electron chi connectivity index (χ0n) is 13.9. The first-order valence-electron chi connectivity index (χ1n) is 7.18. The van der Waals surface area contributed by atoms with E-state index in [-0.39, 0.29) is 22.3 Å². The van der Waals surface area contributed by atoms with Gasteiger partial charge in [-0.3, -0.25) is 0 Å². The van der Waals surface area contributed by atoms with Crippen LogP contribution in [-0.4, -0.2) is 44.3 Å². The monoisotopic (exact) mass is 360 g/mol. The summed E-state index contributed by atoms with van der Waals surface area (Å²) in [7, 11) is 0. The van der Waals surface area contributed by atoms with Crippen molar-refractivity contribution in [2.24, 2.45) is 0 Å². The molecule has 0 atom stereocenters. The number of hydrogen-bond acceptors (Lipinski definition) is 4. The third kappa shape index (κ3) is 5.45. The Hall–Kier alpha value is -3.68. The van der Waals surface area contributed by atoms with E-state index in [1.807, 2.05) is 0 Å². The summed E-state index contributed by atoms with van der Waals surface area (Å²) in [5.74, 6) is -4.47. The predicted octanol–water partition coefficient (Wildman–Crippen LogP) is 2.78. The molecule has 136 valence electrons. The van der Waals surface area contributed by atoms with Gasteiger partial charge in [0, 0.05) is 0 Å². The summed E-state index contributed by atoms with van der Waals surface area (Å²) in [6.07, 6.45) is 0. The summed E-state index contributed by atoms with van der Waals surface area (Å²) in [4.78, 5) is 42.2. The van der Waals surface area contributed by atoms with Gasteiger partial charge in [0.15, 0.2) is 0 Å². The lowest BCUT2D eigenvalue weighted by molar-refractivity contribution is 0.0676. The zero-order valence-corrected chi connectivity index (χ0v) is 13.9. The molecule has 0 amide bonds. The molecular formula is C18H16O8. The molecule has 0 radical (unpaired) electrons. The molecule has 0 fully saturated rings. The van der Waals surface area contributed by atoms with Gasteiger partial charge in [-0.15, -0.1) is 0 Å². The largest absolute Gasteiger partial charge is 0.478 e. The molecule has 2 aromatic carbocycles. The van der Waals surface area contributed by atoms with Crippen molar-refractivity contribution in [3.8, 4) is 0 Å². The number of carboxylic acids is 4. The van der Waals surface area contributed by atoms with Crippen LogP contribution in [0.15, 0.2) is 36.4 Å². The van der Waals surface area contributed by atoms with Crippen molar-refractivity contribution < 1.29 is 39.6 Å². The fourth-order valence-electron chi connectivity index (χ4n) is 2.02. The smallest absolute Gasteiger partial charge is 0.335 e. The molecule has 0 bridgehead atoms. The molecule has 2 rings (SSSR count). The van der Waals surface area contributed by atoms with E-state index in [2.05, 4.69) is 0 Å². The Labute approximate surface area is 148 Å². The van der Waals surface area contributed by atoms with Crippen molar-refractivity contribution in [2.75, 3.05) is 0 Å². The molecule has 0 aliphatic carbocycles. The zero-order chi connectivity index (χ0) is 20.0. The molecule has 8 heteroatoms. The van der Waals surface area contributed by atoms with Gasteiger partial charge in [-0.2, -0.15) is 0 Å². The lowest BCUT2D eigenvalue weighted by Crippen LogP contribution is -2.03. The fraction of sp³-hybridized carbons (Fsp3) is 0.111. The van der Waals surface area contributed by atoms with E-state index >= 15 is 0 Å².